The fraction of sp³-hybridized carbons (Fsp3) is 0.600. The second kappa shape index (κ2) is 6.07. The van der Waals surface area contributed by atoms with Crippen molar-refractivity contribution in [2.24, 2.45) is 5.73 Å². The van der Waals surface area contributed by atoms with Gasteiger partial charge in [0.1, 0.15) is 0 Å². The summed E-state index contributed by atoms with van der Waals surface area (Å²) in [6, 6.07) is 7.64. The van der Waals surface area contributed by atoms with Crippen molar-refractivity contribution in [1.29, 1.82) is 0 Å². The fourth-order valence-electron chi connectivity index (χ4n) is 2.62. The summed E-state index contributed by atoms with van der Waals surface area (Å²) in [5, 5.41) is 0. The fourth-order valence-corrected chi connectivity index (χ4v) is 3.15. The summed E-state index contributed by atoms with van der Waals surface area (Å²) in [4.78, 5) is 2.49. The van der Waals surface area contributed by atoms with Gasteiger partial charge < -0.3 is 10.6 Å². The Balaban J connectivity index is 2.14. The summed E-state index contributed by atoms with van der Waals surface area (Å²) in [5.74, 6) is 0. The summed E-state index contributed by atoms with van der Waals surface area (Å²) in [6.45, 7) is 5.63. The van der Waals surface area contributed by atoms with E-state index in [2.05, 4.69) is 52.9 Å². The van der Waals surface area contributed by atoms with Crippen LogP contribution in [0.5, 0.6) is 0 Å². The van der Waals surface area contributed by atoms with Crippen molar-refractivity contribution in [2.45, 2.75) is 51.6 Å². The molecule has 2 atom stereocenters. The first-order valence-corrected chi connectivity index (χ1v) is 7.71. The lowest BCUT2D eigenvalue weighted by Crippen LogP contribution is -2.26. The molecular formula is C15H23BrN2. The Morgan fingerprint density at radius 2 is 2.28 bits per heavy atom. The van der Waals surface area contributed by atoms with E-state index in [-0.39, 0.29) is 6.04 Å². The van der Waals surface area contributed by atoms with Gasteiger partial charge in [0.2, 0.25) is 0 Å². The van der Waals surface area contributed by atoms with E-state index < -0.39 is 0 Å². The SMILES string of the molecule is CCC(N)Cc1ccc(N2CCCC2C)cc1Br. The zero-order valence-corrected chi connectivity index (χ0v) is 12.9. The lowest BCUT2D eigenvalue weighted by molar-refractivity contribution is 0.645. The van der Waals surface area contributed by atoms with E-state index in [1.807, 2.05) is 0 Å². The molecule has 0 amide bonds. The highest BCUT2D eigenvalue weighted by Crippen LogP contribution is 2.30. The molecule has 2 N–H and O–H groups in total. The third kappa shape index (κ3) is 3.07. The second-order valence-electron chi connectivity index (χ2n) is 5.33. The van der Waals surface area contributed by atoms with Gasteiger partial charge in [0.15, 0.2) is 0 Å². The van der Waals surface area contributed by atoms with Gasteiger partial charge in [-0.15, -0.1) is 0 Å². The summed E-state index contributed by atoms with van der Waals surface area (Å²) < 4.78 is 1.20. The minimum atomic E-state index is 0.262. The summed E-state index contributed by atoms with van der Waals surface area (Å²) >= 11 is 3.69. The topological polar surface area (TPSA) is 29.3 Å². The summed E-state index contributed by atoms with van der Waals surface area (Å²) in [6.07, 6.45) is 4.59. The minimum Gasteiger partial charge on any atom is -0.369 e. The van der Waals surface area contributed by atoms with Crippen LogP contribution in [0.2, 0.25) is 0 Å². The van der Waals surface area contributed by atoms with Gasteiger partial charge >= 0.3 is 0 Å². The zero-order chi connectivity index (χ0) is 13.1. The van der Waals surface area contributed by atoms with Gasteiger partial charge in [-0.2, -0.15) is 0 Å². The maximum Gasteiger partial charge on any atom is 0.0380 e. The van der Waals surface area contributed by atoms with Crippen LogP contribution in [-0.4, -0.2) is 18.6 Å². The number of hydrogen-bond donors (Lipinski definition) is 1. The molecule has 0 bridgehead atoms. The summed E-state index contributed by atoms with van der Waals surface area (Å²) in [5.41, 5.74) is 8.68. The number of hydrogen-bond acceptors (Lipinski definition) is 2. The predicted molar refractivity (Wildman–Crippen MR) is 82.2 cm³/mol. The lowest BCUT2D eigenvalue weighted by atomic mass is 10.0. The van der Waals surface area contributed by atoms with Crippen LogP contribution in [0.4, 0.5) is 5.69 Å². The van der Waals surface area contributed by atoms with E-state index in [1.165, 1.54) is 35.1 Å². The molecule has 1 fully saturated rings. The van der Waals surface area contributed by atoms with Crippen LogP contribution in [-0.2, 0) is 6.42 Å². The Kier molecular flexibility index (Phi) is 4.68. The van der Waals surface area contributed by atoms with Crippen molar-refractivity contribution in [3.63, 3.8) is 0 Å². The molecule has 2 rings (SSSR count). The molecular weight excluding hydrogens is 288 g/mol. The number of nitrogens with two attached hydrogens (primary N) is 1. The highest BCUT2D eigenvalue weighted by Gasteiger charge is 2.20. The van der Waals surface area contributed by atoms with Gasteiger partial charge in [0.25, 0.3) is 0 Å². The van der Waals surface area contributed by atoms with Gasteiger partial charge in [0, 0.05) is 28.8 Å². The van der Waals surface area contributed by atoms with Gasteiger partial charge in [0.05, 0.1) is 0 Å². The molecule has 0 radical (unpaired) electrons. The van der Waals surface area contributed by atoms with Crippen molar-refractivity contribution in [3.8, 4) is 0 Å². The van der Waals surface area contributed by atoms with E-state index in [0.717, 1.165) is 12.8 Å². The van der Waals surface area contributed by atoms with Crippen LogP contribution in [0.25, 0.3) is 0 Å². The third-order valence-electron chi connectivity index (χ3n) is 3.93. The predicted octanol–water partition coefficient (Wildman–Crippen LogP) is 3.72. The van der Waals surface area contributed by atoms with Crippen LogP contribution in [0.15, 0.2) is 22.7 Å². The maximum atomic E-state index is 6.02. The molecule has 0 saturated carbocycles. The average Bonchev–Trinajstić information content (AvgIpc) is 2.78. The Bertz CT molecular complexity index is 405. The van der Waals surface area contributed by atoms with Gasteiger partial charge in [-0.05, 0) is 50.3 Å². The number of rotatable bonds is 4. The number of nitrogens with zero attached hydrogens (tertiary/aromatic N) is 1. The highest BCUT2D eigenvalue weighted by atomic mass is 79.9. The molecule has 1 heterocycles. The van der Waals surface area contributed by atoms with Crippen LogP contribution in [0.1, 0.15) is 38.7 Å². The van der Waals surface area contributed by atoms with Gasteiger partial charge in [-0.25, -0.2) is 0 Å². The van der Waals surface area contributed by atoms with Crippen molar-refractivity contribution in [2.75, 3.05) is 11.4 Å². The molecule has 18 heavy (non-hydrogen) atoms. The first-order valence-electron chi connectivity index (χ1n) is 6.92. The maximum absolute atomic E-state index is 6.02. The molecule has 1 aromatic carbocycles. The molecule has 2 unspecified atom stereocenters. The standard InChI is InChI=1S/C15H23BrN2/c1-3-13(17)9-12-6-7-14(10-15(12)16)18-8-4-5-11(18)2/h6-7,10-11,13H,3-5,8-9,17H2,1-2H3. The second-order valence-corrected chi connectivity index (χ2v) is 6.19. The van der Waals surface area contributed by atoms with Crippen LogP contribution in [0.3, 0.4) is 0 Å². The molecule has 100 valence electrons. The number of halogens is 1. The Morgan fingerprint density at radius 3 is 2.83 bits per heavy atom. The Labute approximate surface area is 119 Å². The molecule has 1 aromatic rings. The molecule has 1 saturated heterocycles. The van der Waals surface area contributed by atoms with E-state index in [0.29, 0.717) is 6.04 Å². The normalized spacial score (nSPS) is 21.3. The monoisotopic (exact) mass is 310 g/mol. The van der Waals surface area contributed by atoms with Crippen molar-refractivity contribution in [3.05, 3.63) is 28.2 Å². The molecule has 2 nitrogen and oxygen atoms in total. The molecule has 1 aliphatic heterocycles. The molecule has 1 aliphatic rings. The van der Waals surface area contributed by atoms with Crippen LogP contribution in [0, 0.1) is 0 Å². The van der Waals surface area contributed by atoms with Crippen molar-refractivity contribution in [1.82, 2.24) is 0 Å². The first-order chi connectivity index (χ1) is 8.61. The van der Waals surface area contributed by atoms with Crippen LogP contribution < -0.4 is 10.6 Å². The van der Waals surface area contributed by atoms with E-state index in [1.54, 1.807) is 0 Å². The number of anilines is 1. The summed E-state index contributed by atoms with van der Waals surface area (Å²) in [7, 11) is 0. The molecule has 0 aromatic heterocycles. The third-order valence-corrected chi connectivity index (χ3v) is 4.67. The van der Waals surface area contributed by atoms with E-state index >= 15 is 0 Å². The smallest absolute Gasteiger partial charge is 0.0380 e. The Hall–Kier alpha value is -0.540. The molecule has 0 spiro atoms. The van der Waals surface area contributed by atoms with Crippen molar-refractivity contribution < 1.29 is 0 Å². The largest absolute Gasteiger partial charge is 0.369 e. The number of benzene rings is 1. The van der Waals surface area contributed by atoms with Gasteiger partial charge in [-0.1, -0.05) is 28.9 Å². The lowest BCUT2D eigenvalue weighted by Gasteiger charge is -2.24. The molecule has 3 heteroatoms. The minimum absolute atomic E-state index is 0.262. The zero-order valence-electron chi connectivity index (χ0n) is 11.3. The van der Waals surface area contributed by atoms with Gasteiger partial charge in [-0.3, -0.25) is 0 Å². The quantitative estimate of drug-likeness (QED) is 0.918. The van der Waals surface area contributed by atoms with Crippen LogP contribution >= 0.6 is 15.9 Å². The van der Waals surface area contributed by atoms with E-state index in [9.17, 15) is 0 Å². The first kappa shape index (κ1) is 13.9. The highest BCUT2D eigenvalue weighted by molar-refractivity contribution is 9.10. The van der Waals surface area contributed by atoms with Crippen molar-refractivity contribution >= 4 is 21.6 Å². The van der Waals surface area contributed by atoms with E-state index in [4.69, 9.17) is 5.73 Å². The average molecular weight is 311 g/mol. The molecule has 0 aliphatic carbocycles. The Morgan fingerprint density at radius 1 is 1.50 bits per heavy atom.